The largest absolute Gasteiger partial charge is 0.325 e. The number of halogens is 1. The van der Waals surface area contributed by atoms with Crippen LogP contribution in [0.15, 0.2) is 52.4 Å². The predicted molar refractivity (Wildman–Crippen MR) is 118 cm³/mol. The van der Waals surface area contributed by atoms with Crippen molar-refractivity contribution in [1.29, 1.82) is 0 Å². The Balaban J connectivity index is 1.73. The second kappa shape index (κ2) is 9.98. The summed E-state index contributed by atoms with van der Waals surface area (Å²) in [6, 6.07) is 10.8. The SMILES string of the molecule is CCC(=O)Nc1ccc(C)cc1-c1nnc(SCC(=O)Nc2cccc(F)c2)[nH]c1=O. The zero-order valence-electron chi connectivity index (χ0n) is 16.9. The Bertz CT molecular complexity index is 1180. The van der Waals surface area contributed by atoms with Crippen LogP contribution in [-0.4, -0.2) is 32.7 Å². The number of anilines is 2. The lowest BCUT2D eigenvalue weighted by Crippen LogP contribution is -2.18. The highest BCUT2D eigenvalue weighted by Crippen LogP contribution is 2.26. The number of aromatic nitrogens is 3. The van der Waals surface area contributed by atoms with Crippen LogP contribution >= 0.6 is 11.8 Å². The van der Waals surface area contributed by atoms with Crippen molar-refractivity contribution in [2.24, 2.45) is 0 Å². The summed E-state index contributed by atoms with van der Waals surface area (Å²) in [4.78, 5) is 39.0. The molecule has 0 aliphatic rings. The number of rotatable bonds is 7. The van der Waals surface area contributed by atoms with Gasteiger partial charge in [-0.1, -0.05) is 36.4 Å². The van der Waals surface area contributed by atoms with Crippen molar-refractivity contribution in [2.45, 2.75) is 25.4 Å². The maximum atomic E-state index is 13.2. The number of aromatic amines is 1. The van der Waals surface area contributed by atoms with E-state index in [1.807, 2.05) is 13.0 Å². The number of H-pyrrole nitrogens is 1. The molecule has 1 heterocycles. The number of nitrogens with one attached hydrogen (secondary N) is 3. The molecule has 2 amide bonds. The van der Waals surface area contributed by atoms with E-state index in [-0.39, 0.29) is 28.4 Å². The highest BCUT2D eigenvalue weighted by Gasteiger charge is 2.15. The van der Waals surface area contributed by atoms with E-state index in [0.29, 0.717) is 23.4 Å². The Morgan fingerprint density at radius 1 is 1.10 bits per heavy atom. The fraction of sp³-hybridized carbons (Fsp3) is 0.190. The molecule has 0 spiro atoms. The Morgan fingerprint density at radius 2 is 1.90 bits per heavy atom. The molecule has 0 saturated carbocycles. The summed E-state index contributed by atoms with van der Waals surface area (Å²) in [6.07, 6.45) is 0.294. The maximum Gasteiger partial charge on any atom is 0.278 e. The molecule has 3 aromatic rings. The molecule has 0 bridgehead atoms. The smallest absolute Gasteiger partial charge is 0.278 e. The van der Waals surface area contributed by atoms with E-state index < -0.39 is 11.4 Å². The second-order valence-electron chi connectivity index (χ2n) is 6.61. The highest BCUT2D eigenvalue weighted by molar-refractivity contribution is 7.99. The molecule has 31 heavy (non-hydrogen) atoms. The lowest BCUT2D eigenvalue weighted by atomic mass is 10.1. The second-order valence-corrected chi connectivity index (χ2v) is 7.57. The predicted octanol–water partition coefficient (Wildman–Crippen LogP) is 3.36. The summed E-state index contributed by atoms with van der Waals surface area (Å²) in [5.74, 6) is -1.08. The normalized spacial score (nSPS) is 10.5. The lowest BCUT2D eigenvalue weighted by Gasteiger charge is -2.11. The molecule has 0 aliphatic heterocycles. The van der Waals surface area contributed by atoms with E-state index in [0.717, 1.165) is 17.3 Å². The van der Waals surface area contributed by atoms with Gasteiger partial charge in [-0.15, -0.1) is 10.2 Å². The number of thioether (sulfide) groups is 1. The van der Waals surface area contributed by atoms with Crippen molar-refractivity contribution in [3.63, 3.8) is 0 Å². The topological polar surface area (TPSA) is 117 Å². The zero-order chi connectivity index (χ0) is 22.4. The van der Waals surface area contributed by atoms with Gasteiger partial charge in [-0.05, 0) is 37.3 Å². The number of aryl methyl sites for hydroxylation is 1. The first-order valence-corrected chi connectivity index (χ1v) is 10.4. The fourth-order valence-electron chi connectivity index (χ4n) is 2.66. The van der Waals surface area contributed by atoms with Crippen molar-refractivity contribution >= 4 is 35.0 Å². The van der Waals surface area contributed by atoms with E-state index >= 15 is 0 Å². The molecule has 160 valence electrons. The van der Waals surface area contributed by atoms with Gasteiger partial charge in [0, 0.05) is 17.7 Å². The van der Waals surface area contributed by atoms with Crippen LogP contribution in [0.4, 0.5) is 15.8 Å². The van der Waals surface area contributed by atoms with Crippen LogP contribution < -0.4 is 16.2 Å². The molecular formula is C21H20FN5O3S. The minimum Gasteiger partial charge on any atom is -0.325 e. The first-order chi connectivity index (χ1) is 14.9. The number of nitrogens with zero attached hydrogens (tertiary/aromatic N) is 2. The monoisotopic (exact) mass is 441 g/mol. The quantitative estimate of drug-likeness (QED) is 0.484. The van der Waals surface area contributed by atoms with Crippen molar-refractivity contribution in [3.05, 3.63) is 64.2 Å². The standard InChI is InChI=1S/C21H20FN5O3S/c1-3-17(28)24-16-8-7-12(2)9-15(16)19-20(30)25-21(27-26-19)31-11-18(29)23-14-6-4-5-13(22)10-14/h4-10H,3,11H2,1-2H3,(H,23,29)(H,24,28)(H,25,27,30). The Morgan fingerprint density at radius 3 is 2.61 bits per heavy atom. The van der Waals surface area contributed by atoms with Gasteiger partial charge in [0.05, 0.1) is 11.4 Å². The van der Waals surface area contributed by atoms with E-state index in [1.54, 1.807) is 25.1 Å². The number of benzene rings is 2. The number of hydrogen-bond donors (Lipinski definition) is 3. The van der Waals surface area contributed by atoms with Crippen LogP contribution in [0.5, 0.6) is 0 Å². The third-order valence-corrected chi connectivity index (χ3v) is 5.01. The van der Waals surface area contributed by atoms with Crippen molar-refractivity contribution in [3.8, 4) is 11.3 Å². The molecule has 3 rings (SSSR count). The van der Waals surface area contributed by atoms with Gasteiger partial charge in [-0.2, -0.15) is 0 Å². The molecule has 0 radical (unpaired) electrons. The van der Waals surface area contributed by atoms with Crippen molar-refractivity contribution in [1.82, 2.24) is 15.2 Å². The molecule has 0 fully saturated rings. The fourth-order valence-corrected chi connectivity index (χ4v) is 3.27. The van der Waals surface area contributed by atoms with Gasteiger partial charge >= 0.3 is 0 Å². The summed E-state index contributed by atoms with van der Waals surface area (Å²) in [5.41, 5.74) is 1.70. The average Bonchev–Trinajstić information content (AvgIpc) is 2.73. The van der Waals surface area contributed by atoms with Gasteiger partial charge in [0.15, 0.2) is 10.9 Å². The molecule has 0 unspecified atom stereocenters. The van der Waals surface area contributed by atoms with Crippen LogP contribution in [0.1, 0.15) is 18.9 Å². The molecular weight excluding hydrogens is 421 g/mol. The molecule has 10 heteroatoms. The summed E-state index contributed by atoms with van der Waals surface area (Å²) in [6.45, 7) is 3.59. The van der Waals surface area contributed by atoms with Gasteiger partial charge in [0.2, 0.25) is 11.8 Å². The van der Waals surface area contributed by atoms with E-state index in [4.69, 9.17) is 0 Å². The summed E-state index contributed by atoms with van der Waals surface area (Å²) < 4.78 is 13.2. The summed E-state index contributed by atoms with van der Waals surface area (Å²) in [7, 11) is 0. The van der Waals surface area contributed by atoms with Gasteiger partial charge in [-0.25, -0.2) is 4.39 Å². The molecule has 0 atom stereocenters. The molecule has 3 N–H and O–H groups in total. The Hall–Kier alpha value is -3.53. The summed E-state index contributed by atoms with van der Waals surface area (Å²) >= 11 is 0.987. The highest BCUT2D eigenvalue weighted by atomic mass is 32.2. The number of amides is 2. The van der Waals surface area contributed by atoms with Gasteiger partial charge in [0.1, 0.15) is 5.82 Å². The van der Waals surface area contributed by atoms with Crippen molar-refractivity contribution < 1.29 is 14.0 Å². The minimum absolute atomic E-state index is 0.0528. The van der Waals surface area contributed by atoms with E-state index in [1.165, 1.54) is 18.2 Å². The maximum absolute atomic E-state index is 13.2. The first-order valence-electron chi connectivity index (χ1n) is 9.41. The third-order valence-electron chi connectivity index (χ3n) is 4.15. The molecule has 8 nitrogen and oxygen atoms in total. The van der Waals surface area contributed by atoms with Crippen LogP contribution in [0, 0.1) is 12.7 Å². The lowest BCUT2D eigenvalue weighted by molar-refractivity contribution is -0.116. The molecule has 2 aromatic carbocycles. The average molecular weight is 441 g/mol. The number of carbonyl (C=O) groups excluding carboxylic acids is 2. The van der Waals surface area contributed by atoms with Crippen LogP contribution in [-0.2, 0) is 9.59 Å². The zero-order valence-corrected chi connectivity index (χ0v) is 17.7. The van der Waals surface area contributed by atoms with Gasteiger partial charge < -0.3 is 10.6 Å². The van der Waals surface area contributed by atoms with Crippen LogP contribution in [0.2, 0.25) is 0 Å². The number of hydrogen-bond acceptors (Lipinski definition) is 6. The minimum atomic E-state index is -0.499. The van der Waals surface area contributed by atoms with Gasteiger partial charge in [0.25, 0.3) is 5.56 Å². The first kappa shape index (κ1) is 22.2. The molecule has 1 aromatic heterocycles. The van der Waals surface area contributed by atoms with Crippen molar-refractivity contribution in [2.75, 3.05) is 16.4 Å². The van der Waals surface area contributed by atoms with E-state index in [2.05, 4.69) is 25.8 Å². The molecule has 0 aliphatic carbocycles. The van der Waals surface area contributed by atoms with Gasteiger partial charge in [-0.3, -0.25) is 19.4 Å². The van der Waals surface area contributed by atoms with Crippen LogP contribution in [0.3, 0.4) is 0 Å². The van der Waals surface area contributed by atoms with Crippen LogP contribution in [0.25, 0.3) is 11.3 Å². The van der Waals surface area contributed by atoms with E-state index in [9.17, 15) is 18.8 Å². The number of carbonyl (C=O) groups is 2. The summed E-state index contributed by atoms with van der Waals surface area (Å²) in [5, 5.41) is 13.5. The Labute approximate surface area is 181 Å². The Kier molecular flexibility index (Phi) is 7.14. The molecule has 0 saturated heterocycles. The third kappa shape index (κ3) is 5.98.